The second-order valence-corrected chi connectivity index (χ2v) is 4.65. The lowest BCUT2D eigenvalue weighted by Crippen LogP contribution is -2.79. The number of rotatable bonds is 11. The molecule has 0 spiro atoms. The van der Waals surface area contributed by atoms with E-state index in [9.17, 15) is 0 Å². The average molecular weight is 258 g/mol. The third-order valence-electron chi connectivity index (χ3n) is 2.85. The first kappa shape index (κ1) is 19.1. The number of isothiocyanates is 1. The maximum absolute atomic E-state index is 7.13. The molecule has 0 unspecified atom stereocenters. The van der Waals surface area contributed by atoms with Crippen LogP contribution in [0.1, 0.15) is 71.1 Å². The smallest absolute Gasteiger partial charge is 0.0753 e. The molecule has 0 saturated heterocycles. The normalized spacial score (nSPS) is 9.29. The molecule has 0 heterocycles. The van der Waals surface area contributed by atoms with E-state index in [4.69, 9.17) is 5.41 Å². The van der Waals surface area contributed by atoms with Crippen molar-refractivity contribution in [2.24, 2.45) is 0 Å². The summed E-state index contributed by atoms with van der Waals surface area (Å²) in [6, 6.07) is 0. The van der Waals surface area contributed by atoms with Crippen LogP contribution in [-0.2, 0) is 0 Å². The Morgan fingerprint density at radius 1 is 0.882 bits per heavy atom. The van der Waals surface area contributed by atoms with Gasteiger partial charge in [0.1, 0.15) is 0 Å². The van der Waals surface area contributed by atoms with Crippen LogP contribution in [0.3, 0.4) is 0 Å². The average Bonchev–Trinajstić information content (AvgIpc) is 2.33. The zero-order valence-electron chi connectivity index (χ0n) is 11.7. The van der Waals surface area contributed by atoms with Crippen molar-refractivity contribution in [3.63, 3.8) is 0 Å². The summed E-state index contributed by atoms with van der Waals surface area (Å²) in [5.74, 6) is 0. The molecule has 0 radical (unpaired) electrons. The minimum atomic E-state index is 1.32. The number of hydrogen-bond donors (Lipinski definition) is 1. The van der Waals surface area contributed by atoms with Crippen molar-refractivity contribution in [2.75, 3.05) is 13.6 Å². The molecule has 2 nitrogen and oxygen atoms in total. The van der Waals surface area contributed by atoms with Crippen LogP contribution in [0.2, 0.25) is 0 Å². The Bertz CT molecular complexity index is 142. The first-order valence-electron chi connectivity index (χ1n) is 7.12. The second-order valence-electron chi connectivity index (χ2n) is 4.47. The molecule has 0 atom stereocenters. The molecule has 0 aromatic heterocycles. The van der Waals surface area contributed by atoms with E-state index in [2.05, 4.69) is 31.5 Å². The number of thiocarbonyl (C=S) groups is 1. The molecule has 17 heavy (non-hydrogen) atoms. The standard InChI is InChI=1S/C13H29N.CNS/c1-3-4-5-6-7-8-9-10-11-12-13-14-2;2-1-3/h14H,3-13H2,1-2H3;/q;-1/p+1. The second kappa shape index (κ2) is 21.1. The third-order valence-corrected chi connectivity index (χ3v) is 2.85. The van der Waals surface area contributed by atoms with Gasteiger partial charge in [0.2, 0.25) is 0 Å². The number of quaternary nitrogens is 1. The highest BCUT2D eigenvalue weighted by molar-refractivity contribution is 7.78. The van der Waals surface area contributed by atoms with Gasteiger partial charge >= 0.3 is 0 Å². The van der Waals surface area contributed by atoms with Gasteiger partial charge in [-0.05, 0) is 12.8 Å². The van der Waals surface area contributed by atoms with E-state index < -0.39 is 0 Å². The first-order chi connectivity index (χ1) is 8.33. The lowest BCUT2D eigenvalue weighted by molar-refractivity contribution is -0.627. The van der Waals surface area contributed by atoms with E-state index >= 15 is 0 Å². The Labute approximate surface area is 113 Å². The van der Waals surface area contributed by atoms with E-state index in [1.165, 1.54) is 75.9 Å². The fraction of sp³-hybridized carbons (Fsp3) is 0.929. The number of hydrogen-bond acceptors (Lipinski definition) is 1. The molecule has 0 saturated carbocycles. The number of nitrogens with two attached hydrogens (primary N) is 1. The Kier molecular flexibility index (Phi) is 23.7. The topological polar surface area (TPSA) is 38.9 Å². The Morgan fingerprint density at radius 3 is 1.59 bits per heavy atom. The van der Waals surface area contributed by atoms with Crippen molar-refractivity contribution >= 4 is 17.4 Å². The molecule has 0 aromatic carbocycles. The lowest BCUT2D eigenvalue weighted by atomic mass is 10.1. The Morgan fingerprint density at radius 2 is 1.24 bits per heavy atom. The van der Waals surface area contributed by atoms with Crippen LogP contribution in [0.25, 0.3) is 5.41 Å². The first-order valence-corrected chi connectivity index (χ1v) is 7.53. The molecular formula is C14H30N2S. The van der Waals surface area contributed by atoms with Crippen molar-refractivity contribution in [1.82, 2.24) is 0 Å². The van der Waals surface area contributed by atoms with E-state index in [1.807, 2.05) is 0 Å². The van der Waals surface area contributed by atoms with Gasteiger partial charge in [0.25, 0.3) is 0 Å². The largest absolute Gasteiger partial charge is 0.753 e. The van der Waals surface area contributed by atoms with Crippen LogP contribution >= 0.6 is 12.2 Å². The van der Waals surface area contributed by atoms with Crippen molar-refractivity contribution in [2.45, 2.75) is 71.1 Å². The summed E-state index contributed by atoms with van der Waals surface area (Å²) in [5, 5.41) is 10.8. The van der Waals surface area contributed by atoms with Crippen LogP contribution in [0.15, 0.2) is 0 Å². The van der Waals surface area contributed by atoms with Gasteiger partial charge in [0, 0.05) is 0 Å². The highest BCUT2D eigenvalue weighted by atomic mass is 32.1. The van der Waals surface area contributed by atoms with Crippen molar-refractivity contribution in [3.05, 3.63) is 5.41 Å². The van der Waals surface area contributed by atoms with Crippen LogP contribution in [0, 0.1) is 0 Å². The highest BCUT2D eigenvalue weighted by Crippen LogP contribution is 2.09. The maximum atomic E-state index is 7.13. The predicted molar refractivity (Wildman–Crippen MR) is 80.5 cm³/mol. The van der Waals surface area contributed by atoms with E-state index in [1.54, 1.807) is 0 Å². The summed E-state index contributed by atoms with van der Waals surface area (Å²) in [4.78, 5) is 0. The molecule has 0 bridgehead atoms. The zero-order valence-corrected chi connectivity index (χ0v) is 12.5. The van der Waals surface area contributed by atoms with Crippen molar-refractivity contribution in [1.29, 1.82) is 0 Å². The molecule has 0 aliphatic heterocycles. The fourth-order valence-electron chi connectivity index (χ4n) is 1.84. The van der Waals surface area contributed by atoms with Crippen molar-refractivity contribution < 1.29 is 5.32 Å². The molecule has 0 aliphatic rings. The summed E-state index contributed by atoms with van der Waals surface area (Å²) in [7, 11) is 2.16. The van der Waals surface area contributed by atoms with Gasteiger partial charge in [-0.1, -0.05) is 70.5 Å². The van der Waals surface area contributed by atoms with Crippen LogP contribution in [0.5, 0.6) is 0 Å². The molecule has 102 valence electrons. The number of nitrogens with zero attached hydrogens (tertiary/aromatic N) is 1. The maximum Gasteiger partial charge on any atom is 0.0753 e. The van der Waals surface area contributed by atoms with Crippen molar-refractivity contribution in [3.8, 4) is 0 Å². The molecule has 0 fully saturated rings. The van der Waals surface area contributed by atoms with E-state index in [0.29, 0.717) is 0 Å². The molecule has 2 N–H and O–H groups in total. The van der Waals surface area contributed by atoms with Gasteiger partial charge in [-0.3, -0.25) is 0 Å². The van der Waals surface area contributed by atoms with Gasteiger partial charge in [-0.2, -0.15) is 5.16 Å². The summed E-state index contributed by atoms with van der Waals surface area (Å²) in [6.07, 6.45) is 14.5. The fourth-order valence-corrected chi connectivity index (χ4v) is 1.84. The van der Waals surface area contributed by atoms with Gasteiger partial charge in [0.05, 0.1) is 13.6 Å². The van der Waals surface area contributed by atoms with E-state index in [0.717, 1.165) is 0 Å². The Balaban J connectivity index is 0. The summed E-state index contributed by atoms with van der Waals surface area (Å²) in [5.41, 5.74) is 0. The van der Waals surface area contributed by atoms with E-state index in [-0.39, 0.29) is 0 Å². The number of unbranched alkanes of at least 4 members (excludes halogenated alkanes) is 9. The SMILES string of the molecule is CCCCCCCCCCCC[NH2+]C.[N-]=C=S. The molecule has 0 rings (SSSR count). The molecule has 0 aromatic rings. The lowest BCUT2D eigenvalue weighted by Gasteiger charge is -2.01. The molecule has 0 amide bonds. The minimum absolute atomic E-state index is 1.32. The van der Waals surface area contributed by atoms with Gasteiger partial charge in [0.15, 0.2) is 0 Å². The van der Waals surface area contributed by atoms with Gasteiger partial charge < -0.3 is 10.7 Å². The highest BCUT2D eigenvalue weighted by Gasteiger charge is 1.92. The Hall–Kier alpha value is -0.240. The summed E-state index contributed by atoms with van der Waals surface area (Å²) >= 11 is 3.70. The monoisotopic (exact) mass is 258 g/mol. The molecule has 3 heteroatoms. The minimum Gasteiger partial charge on any atom is -0.753 e. The third kappa shape index (κ3) is 25.8. The van der Waals surface area contributed by atoms with Crippen LogP contribution in [-0.4, -0.2) is 18.8 Å². The zero-order chi connectivity index (χ0) is 13.2. The van der Waals surface area contributed by atoms with Crippen LogP contribution in [0.4, 0.5) is 0 Å². The molecular weight excluding hydrogens is 228 g/mol. The summed E-state index contributed by atoms with van der Waals surface area (Å²) < 4.78 is 0. The van der Waals surface area contributed by atoms with Gasteiger partial charge in [-0.15, -0.1) is 0 Å². The van der Waals surface area contributed by atoms with Gasteiger partial charge in [-0.25, -0.2) is 0 Å². The van der Waals surface area contributed by atoms with Crippen LogP contribution < -0.4 is 5.32 Å². The molecule has 0 aliphatic carbocycles. The summed E-state index contributed by atoms with van der Waals surface area (Å²) in [6.45, 7) is 3.60. The quantitative estimate of drug-likeness (QED) is 0.342. The predicted octanol–water partition coefficient (Wildman–Crippen LogP) is 3.76.